The van der Waals surface area contributed by atoms with E-state index in [-0.39, 0.29) is 5.56 Å². The van der Waals surface area contributed by atoms with E-state index in [4.69, 9.17) is 0 Å². The number of nitrogens with zero attached hydrogens (tertiary/aromatic N) is 1. The summed E-state index contributed by atoms with van der Waals surface area (Å²) < 4.78 is 2.05. The summed E-state index contributed by atoms with van der Waals surface area (Å²) in [7, 11) is 0. The molecule has 0 amide bonds. The Labute approximate surface area is 101 Å². The van der Waals surface area contributed by atoms with Gasteiger partial charge >= 0.3 is 0 Å². The van der Waals surface area contributed by atoms with Gasteiger partial charge in [-0.15, -0.1) is 0 Å². The first-order chi connectivity index (χ1) is 6.18. The van der Waals surface area contributed by atoms with Crippen molar-refractivity contribution in [1.82, 2.24) is 9.97 Å². The van der Waals surface area contributed by atoms with Crippen LogP contribution in [0.25, 0.3) is 10.9 Å². The molecule has 0 bridgehead atoms. The third kappa shape index (κ3) is 1.71. The lowest BCUT2D eigenvalue weighted by Gasteiger charge is -1.98. The lowest BCUT2D eigenvalue weighted by molar-refractivity contribution is 1.17. The van der Waals surface area contributed by atoms with Crippen molar-refractivity contribution < 1.29 is 0 Å². The highest BCUT2D eigenvalue weighted by molar-refractivity contribution is 14.1. The number of aromatic nitrogens is 2. The molecule has 2 aromatic rings. The first-order valence-electron chi connectivity index (χ1n) is 3.51. The number of H-pyrrole nitrogens is 1. The van der Waals surface area contributed by atoms with E-state index in [0.29, 0.717) is 5.39 Å². The van der Waals surface area contributed by atoms with Gasteiger partial charge in [0.1, 0.15) is 0 Å². The third-order valence-corrected chi connectivity index (χ3v) is 3.11. The second kappa shape index (κ2) is 3.52. The first-order valence-corrected chi connectivity index (χ1v) is 5.66. The van der Waals surface area contributed by atoms with Crippen molar-refractivity contribution in [3.8, 4) is 0 Å². The van der Waals surface area contributed by atoms with E-state index < -0.39 is 0 Å². The fraction of sp³-hybridized carbons (Fsp3) is 0. The molecular weight excluding hydrogens is 394 g/mol. The Balaban J connectivity index is 3.03. The Bertz CT molecular complexity index is 521. The van der Waals surface area contributed by atoms with E-state index in [1.54, 1.807) is 0 Å². The molecule has 1 heterocycles. The van der Waals surface area contributed by atoms with Gasteiger partial charge in [-0.2, -0.15) is 0 Å². The summed E-state index contributed by atoms with van der Waals surface area (Å²) in [5, 5.41) is 0.652. The van der Waals surface area contributed by atoms with Gasteiger partial charge < -0.3 is 4.98 Å². The summed E-state index contributed by atoms with van der Waals surface area (Å²) in [5.74, 6) is 0. The Morgan fingerprint density at radius 1 is 1.31 bits per heavy atom. The average molecular weight is 398 g/mol. The van der Waals surface area contributed by atoms with Gasteiger partial charge in [-0.3, -0.25) is 4.79 Å². The number of rotatable bonds is 0. The van der Waals surface area contributed by atoms with Gasteiger partial charge in [-0.05, 0) is 57.3 Å². The van der Waals surface area contributed by atoms with Crippen LogP contribution < -0.4 is 5.56 Å². The summed E-state index contributed by atoms with van der Waals surface area (Å²) >= 11 is 4.37. The van der Waals surface area contributed by atoms with E-state index in [2.05, 4.69) is 55.1 Å². The minimum absolute atomic E-state index is 0.0820. The van der Waals surface area contributed by atoms with Crippen LogP contribution in [0.3, 0.4) is 0 Å². The largest absolute Gasteiger partial charge is 0.313 e. The van der Waals surface area contributed by atoms with Crippen molar-refractivity contribution in [2.75, 3.05) is 0 Å². The van der Waals surface area contributed by atoms with E-state index >= 15 is 0 Å². The smallest absolute Gasteiger partial charge is 0.258 e. The Morgan fingerprint density at radius 2 is 2.08 bits per heavy atom. The number of benzene rings is 1. The third-order valence-electron chi connectivity index (χ3n) is 1.66. The van der Waals surface area contributed by atoms with Crippen molar-refractivity contribution in [3.05, 3.63) is 36.0 Å². The molecule has 0 unspecified atom stereocenters. The van der Waals surface area contributed by atoms with Crippen molar-refractivity contribution in [3.63, 3.8) is 0 Å². The minimum atomic E-state index is -0.0820. The van der Waals surface area contributed by atoms with Gasteiger partial charge in [0.2, 0.25) is 0 Å². The Morgan fingerprint density at radius 3 is 2.85 bits per heavy atom. The van der Waals surface area contributed by atoms with Crippen molar-refractivity contribution in [2.24, 2.45) is 0 Å². The van der Waals surface area contributed by atoms with Crippen molar-refractivity contribution in [2.45, 2.75) is 0 Å². The van der Waals surface area contributed by atoms with Crippen LogP contribution in [0, 0.1) is 7.14 Å². The monoisotopic (exact) mass is 398 g/mol. The molecule has 0 saturated carbocycles. The number of aromatic amines is 1. The molecule has 0 aliphatic rings. The molecule has 0 saturated heterocycles. The minimum Gasteiger partial charge on any atom is -0.313 e. The fourth-order valence-corrected chi connectivity index (χ4v) is 3.09. The zero-order chi connectivity index (χ0) is 9.42. The lowest BCUT2D eigenvalue weighted by atomic mass is 10.2. The summed E-state index contributed by atoms with van der Waals surface area (Å²) in [4.78, 5) is 18.1. The number of nitrogens with one attached hydrogen (secondary N) is 1. The van der Waals surface area contributed by atoms with Gasteiger partial charge in [-0.25, -0.2) is 4.98 Å². The predicted molar refractivity (Wildman–Crippen MR) is 67.8 cm³/mol. The molecule has 0 aliphatic carbocycles. The maximum absolute atomic E-state index is 11.4. The molecule has 0 atom stereocenters. The van der Waals surface area contributed by atoms with Gasteiger partial charge in [0.05, 0.1) is 17.2 Å². The molecular formula is C8H4I2N2O. The number of halogens is 2. The average Bonchev–Trinajstić information content (AvgIpc) is 2.07. The van der Waals surface area contributed by atoms with E-state index in [1.165, 1.54) is 6.33 Å². The normalized spacial score (nSPS) is 10.6. The fourth-order valence-electron chi connectivity index (χ4n) is 1.10. The molecule has 0 fully saturated rings. The topological polar surface area (TPSA) is 45.8 Å². The summed E-state index contributed by atoms with van der Waals surface area (Å²) in [6.07, 6.45) is 1.43. The zero-order valence-electron chi connectivity index (χ0n) is 6.34. The molecule has 1 aromatic carbocycles. The number of fused-ring (bicyclic) bond motifs is 1. The van der Waals surface area contributed by atoms with E-state index in [9.17, 15) is 4.79 Å². The highest BCUT2D eigenvalue weighted by Crippen LogP contribution is 2.18. The molecule has 5 heteroatoms. The lowest BCUT2D eigenvalue weighted by Crippen LogP contribution is -2.07. The van der Waals surface area contributed by atoms with Gasteiger partial charge in [0, 0.05) is 7.14 Å². The Kier molecular flexibility index (Phi) is 2.54. The van der Waals surface area contributed by atoms with Crippen LogP contribution in [0.4, 0.5) is 0 Å². The van der Waals surface area contributed by atoms with Crippen molar-refractivity contribution >= 4 is 56.1 Å². The summed E-state index contributed by atoms with van der Waals surface area (Å²) in [6.45, 7) is 0. The van der Waals surface area contributed by atoms with Crippen LogP contribution in [0.5, 0.6) is 0 Å². The highest BCUT2D eigenvalue weighted by Gasteiger charge is 2.04. The number of hydrogen-bond donors (Lipinski definition) is 1. The van der Waals surface area contributed by atoms with Crippen molar-refractivity contribution in [1.29, 1.82) is 0 Å². The second-order valence-corrected chi connectivity index (χ2v) is 4.92. The van der Waals surface area contributed by atoms with Crippen LogP contribution in [-0.4, -0.2) is 9.97 Å². The Hall–Kier alpha value is -0.180. The van der Waals surface area contributed by atoms with E-state index in [0.717, 1.165) is 12.7 Å². The summed E-state index contributed by atoms with van der Waals surface area (Å²) in [5.41, 5.74) is 0.686. The van der Waals surface area contributed by atoms with Crippen LogP contribution in [-0.2, 0) is 0 Å². The number of hydrogen-bond acceptors (Lipinski definition) is 2. The molecule has 3 nitrogen and oxygen atoms in total. The van der Waals surface area contributed by atoms with Gasteiger partial charge in [-0.1, -0.05) is 0 Å². The molecule has 66 valence electrons. The van der Waals surface area contributed by atoms with Crippen LogP contribution in [0.2, 0.25) is 0 Å². The van der Waals surface area contributed by atoms with Crippen LogP contribution in [0.1, 0.15) is 0 Å². The maximum atomic E-state index is 11.4. The van der Waals surface area contributed by atoms with E-state index in [1.807, 2.05) is 12.1 Å². The molecule has 0 spiro atoms. The summed E-state index contributed by atoms with van der Waals surface area (Å²) in [6, 6.07) is 3.83. The zero-order valence-corrected chi connectivity index (χ0v) is 10.7. The SMILES string of the molecule is O=c1[nH]cnc2c(I)cc(I)cc12. The molecule has 1 aromatic heterocycles. The second-order valence-electron chi connectivity index (χ2n) is 2.52. The first kappa shape index (κ1) is 9.38. The highest BCUT2D eigenvalue weighted by atomic mass is 127. The molecule has 2 rings (SSSR count). The quantitative estimate of drug-likeness (QED) is 0.692. The molecule has 1 N–H and O–H groups in total. The van der Waals surface area contributed by atoms with Gasteiger partial charge in [0.25, 0.3) is 5.56 Å². The molecule has 0 aliphatic heterocycles. The van der Waals surface area contributed by atoms with Gasteiger partial charge in [0.15, 0.2) is 0 Å². The molecule has 13 heavy (non-hydrogen) atoms. The maximum Gasteiger partial charge on any atom is 0.258 e. The predicted octanol–water partition coefficient (Wildman–Crippen LogP) is 2.13. The molecule has 0 radical (unpaired) electrons. The van der Waals surface area contributed by atoms with Crippen LogP contribution in [0.15, 0.2) is 23.3 Å². The standard InChI is InChI=1S/C8H4I2N2O/c9-4-1-5-7(6(10)2-4)11-3-12-8(5)13/h1-3H,(H,11,12,13). The van der Waals surface area contributed by atoms with Crippen LogP contribution >= 0.6 is 45.2 Å².